The van der Waals surface area contributed by atoms with Gasteiger partial charge in [0.2, 0.25) is 5.91 Å². The van der Waals surface area contributed by atoms with Gasteiger partial charge in [0.1, 0.15) is 0 Å². The van der Waals surface area contributed by atoms with E-state index in [9.17, 15) is 9.59 Å². The van der Waals surface area contributed by atoms with Crippen LogP contribution in [0.3, 0.4) is 0 Å². The topological polar surface area (TPSA) is 84.2 Å². The number of carbonyl (C=O) groups excluding carboxylic acids is 1. The molecule has 2 rings (SSSR count). The number of aromatic nitrogens is 2. The third-order valence-electron chi connectivity index (χ3n) is 3.28. The van der Waals surface area contributed by atoms with E-state index in [-0.39, 0.29) is 11.5 Å². The van der Waals surface area contributed by atoms with Gasteiger partial charge in [-0.3, -0.25) is 9.48 Å². The minimum atomic E-state index is -1.00. The predicted molar refractivity (Wildman–Crippen MR) is 78.3 cm³/mol. The molecule has 0 unspecified atom stereocenters. The number of aryl methyl sites for hydroxylation is 3. The minimum Gasteiger partial charge on any atom is -0.478 e. The lowest BCUT2D eigenvalue weighted by atomic mass is 10.1. The van der Waals surface area contributed by atoms with Crippen molar-refractivity contribution in [3.8, 4) is 0 Å². The predicted octanol–water partition coefficient (Wildman–Crippen LogP) is 2.00. The van der Waals surface area contributed by atoms with Crippen molar-refractivity contribution in [1.29, 1.82) is 0 Å². The van der Waals surface area contributed by atoms with Crippen LogP contribution in [0.5, 0.6) is 0 Å². The molecule has 1 aromatic heterocycles. The van der Waals surface area contributed by atoms with E-state index in [1.54, 1.807) is 29.9 Å². The highest BCUT2D eigenvalue weighted by molar-refractivity contribution is 5.94. The molecule has 0 aliphatic heterocycles. The molecule has 6 nitrogen and oxygen atoms in total. The number of rotatable bonds is 5. The Bertz CT molecular complexity index is 677. The first-order valence-electron chi connectivity index (χ1n) is 6.58. The van der Waals surface area contributed by atoms with Crippen molar-refractivity contribution in [2.24, 2.45) is 7.05 Å². The van der Waals surface area contributed by atoms with Gasteiger partial charge in [0.25, 0.3) is 0 Å². The van der Waals surface area contributed by atoms with Gasteiger partial charge in [0.15, 0.2) is 0 Å². The average molecular weight is 287 g/mol. The monoisotopic (exact) mass is 287 g/mol. The third kappa shape index (κ3) is 3.68. The van der Waals surface area contributed by atoms with Crippen LogP contribution in [0.2, 0.25) is 0 Å². The van der Waals surface area contributed by atoms with E-state index in [0.717, 1.165) is 5.69 Å². The van der Waals surface area contributed by atoms with Gasteiger partial charge in [-0.2, -0.15) is 5.10 Å². The Labute approximate surface area is 122 Å². The Morgan fingerprint density at radius 2 is 2.10 bits per heavy atom. The fourth-order valence-electron chi connectivity index (χ4n) is 2.04. The van der Waals surface area contributed by atoms with Crippen molar-refractivity contribution in [1.82, 2.24) is 9.78 Å². The second-order valence-corrected chi connectivity index (χ2v) is 4.83. The molecule has 0 radical (unpaired) electrons. The van der Waals surface area contributed by atoms with Gasteiger partial charge in [-0.1, -0.05) is 6.07 Å². The van der Waals surface area contributed by atoms with Crippen LogP contribution in [0.1, 0.15) is 28.0 Å². The molecule has 2 N–H and O–H groups in total. The molecule has 0 aliphatic carbocycles. The van der Waals surface area contributed by atoms with Gasteiger partial charge < -0.3 is 10.4 Å². The van der Waals surface area contributed by atoms with Crippen LogP contribution in [0.4, 0.5) is 5.69 Å². The second kappa shape index (κ2) is 6.21. The molecule has 0 spiro atoms. The molecule has 110 valence electrons. The molecular weight excluding hydrogens is 270 g/mol. The smallest absolute Gasteiger partial charge is 0.336 e. The Balaban J connectivity index is 1.98. The number of aromatic carboxylic acids is 1. The third-order valence-corrected chi connectivity index (χ3v) is 3.28. The SMILES string of the molecule is Cc1ccc(NC(=O)CCc2ccnn2C)cc1C(=O)O. The van der Waals surface area contributed by atoms with Gasteiger partial charge in [-0.05, 0) is 37.1 Å². The highest BCUT2D eigenvalue weighted by Crippen LogP contribution is 2.16. The molecule has 1 heterocycles. The van der Waals surface area contributed by atoms with Gasteiger partial charge in [-0.15, -0.1) is 0 Å². The zero-order valence-electron chi connectivity index (χ0n) is 12.0. The zero-order chi connectivity index (χ0) is 15.4. The average Bonchev–Trinajstić information content (AvgIpc) is 2.84. The highest BCUT2D eigenvalue weighted by atomic mass is 16.4. The fraction of sp³-hybridized carbons (Fsp3) is 0.267. The van der Waals surface area contributed by atoms with Crippen molar-refractivity contribution in [3.05, 3.63) is 47.3 Å². The fourth-order valence-corrected chi connectivity index (χ4v) is 2.04. The maximum Gasteiger partial charge on any atom is 0.336 e. The summed E-state index contributed by atoms with van der Waals surface area (Å²) < 4.78 is 1.72. The lowest BCUT2D eigenvalue weighted by Crippen LogP contribution is -2.14. The van der Waals surface area contributed by atoms with Gasteiger partial charge in [0.05, 0.1) is 5.56 Å². The van der Waals surface area contributed by atoms with E-state index in [0.29, 0.717) is 24.1 Å². The van der Waals surface area contributed by atoms with Gasteiger partial charge in [-0.25, -0.2) is 4.79 Å². The van der Waals surface area contributed by atoms with Crippen LogP contribution in [0.15, 0.2) is 30.5 Å². The molecule has 0 bridgehead atoms. The lowest BCUT2D eigenvalue weighted by molar-refractivity contribution is -0.116. The molecule has 1 aromatic carbocycles. The molecule has 0 saturated heterocycles. The van der Waals surface area contributed by atoms with Crippen LogP contribution in [0, 0.1) is 6.92 Å². The summed E-state index contributed by atoms with van der Waals surface area (Å²) in [4.78, 5) is 23.0. The van der Waals surface area contributed by atoms with E-state index in [1.165, 1.54) is 6.07 Å². The largest absolute Gasteiger partial charge is 0.478 e. The number of carboxylic acids is 1. The van der Waals surface area contributed by atoms with Crippen LogP contribution >= 0.6 is 0 Å². The van der Waals surface area contributed by atoms with Crippen molar-refractivity contribution in [3.63, 3.8) is 0 Å². The first-order chi connectivity index (χ1) is 9.97. The molecule has 2 aromatic rings. The van der Waals surface area contributed by atoms with Crippen molar-refractivity contribution in [2.45, 2.75) is 19.8 Å². The molecule has 6 heteroatoms. The number of benzene rings is 1. The molecule has 1 amide bonds. The Kier molecular flexibility index (Phi) is 4.37. The van der Waals surface area contributed by atoms with E-state index in [4.69, 9.17) is 5.11 Å². The van der Waals surface area contributed by atoms with Crippen molar-refractivity contribution in [2.75, 3.05) is 5.32 Å². The summed E-state index contributed by atoms with van der Waals surface area (Å²) in [6.07, 6.45) is 2.59. The normalized spacial score (nSPS) is 10.4. The number of hydrogen-bond donors (Lipinski definition) is 2. The lowest BCUT2D eigenvalue weighted by Gasteiger charge is -2.08. The number of amides is 1. The number of hydrogen-bond acceptors (Lipinski definition) is 3. The maximum absolute atomic E-state index is 11.9. The standard InChI is InChI=1S/C15H17N3O3/c1-10-3-4-11(9-13(10)15(20)21)17-14(19)6-5-12-7-8-16-18(12)2/h3-4,7-9H,5-6H2,1-2H3,(H,17,19)(H,20,21). The van der Waals surface area contributed by atoms with Crippen molar-refractivity contribution >= 4 is 17.6 Å². The van der Waals surface area contributed by atoms with Crippen LogP contribution in [-0.4, -0.2) is 26.8 Å². The summed E-state index contributed by atoms with van der Waals surface area (Å²) in [6, 6.07) is 6.71. The molecule has 0 atom stereocenters. The Morgan fingerprint density at radius 3 is 2.71 bits per heavy atom. The summed E-state index contributed by atoms with van der Waals surface area (Å²) in [6.45, 7) is 1.72. The Hall–Kier alpha value is -2.63. The molecule has 21 heavy (non-hydrogen) atoms. The molecular formula is C15H17N3O3. The summed E-state index contributed by atoms with van der Waals surface area (Å²) >= 11 is 0. The first-order valence-corrected chi connectivity index (χ1v) is 6.58. The maximum atomic E-state index is 11.9. The molecule has 0 fully saturated rings. The van der Waals surface area contributed by atoms with E-state index in [2.05, 4.69) is 10.4 Å². The summed E-state index contributed by atoms with van der Waals surface area (Å²) in [5.41, 5.74) is 2.32. The number of carbonyl (C=O) groups is 2. The summed E-state index contributed by atoms with van der Waals surface area (Å²) in [5, 5.41) is 15.8. The van der Waals surface area contributed by atoms with Crippen LogP contribution < -0.4 is 5.32 Å². The van der Waals surface area contributed by atoms with Gasteiger partial charge in [0, 0.05) is 31.0 Å². The summed E-state index contributed by atoms with van der Waals surface area (Å²) in [5.74, 6) is -1.16. The minimum absolute atomic E-state index is 0.156. The molecule has 0 saturated carbocycles. The number of nitrogens with one attached hydrogen (secondary N) is 1. The molecule has 0 aliphatic rings. The number of anilines is 1. The van der Waals surface area contributed by atoms with Crippen LogP contribution in [0.25, 0.3) is 0 Å². The zero-order valence-corrected chi connectivity index (χ0v) is 12.0. The van der Waals surface area contributed by atoms with Gasteiger partial charge >= 0.3 is 5.97 Å². The first kappa shape index (κ1) is 14.8. The second-order valence-electron chi connectivity index (χ2n) is 4.83. The number of carboxylic acid groups (broad SMARTS) is 1. The highest BCUT2D eigenvalue weighted by Gasteiger charge is 2.10. The van der Waals surface area contributed by atoms with E-state index < -0.39 is 5.97 Å². The van der Waals surface area contributed by atoms with Crippen molar-refractivity contribution < 1.29 is 14.7 Å². The Morgan fingerprint density at radius 1 is 1.33 bits per heavy atom. The summed E-state index contributed by atoms with van der Waals surface area (Å²) in [7, 11) is 1.83. The van der Waals surface area contributed by atoms with E-state index in [1.807, 2.05) is 13.1 Å². The number of nitrogens with zero attached hydrogens (tertiary/aromatic N) is 2. The van der Waals surface area contributed by atoms with E-state index >= 15 is 0 Å². The quantitative estimate of drug-likeness (QED) is 0.881. The van der Waals surface area contributed by atoms with Crippen LogP contribution in [-0.2, 0) is 18.3 Å².